The zero-order valence-corrected chi connectivity index (χ0v) is 10.9. The lowest BCUT2D eigenvalue weighted by molar-refractivity contribution is 0.0109. The highest BCUT2D eigenvalue weighted by Gasteiger charge is 2.20. The Morgan fingerprint density at radius 1 is 1.42 bits per heavy atom. The van der Waals surface area contributed by atoms with Crippen molar-refractivity contribution in [3.63, 3.8) is 0 Å². The van der Waals surface area contributed by atoms with Crippen LogP contribution in [0.2, 0.25) is 0 Å². The van der Waals surface area contributed by atoms with E-state index in [1.54, 1.807) is 0 Å². The predicted octanol–water partition coefficient (Wildman–Crippen LogP) is 2.16. The summed E-state index contributed by atoms with van der Waals surface area (Å²) in [4.78, 5) is 0. The van der Waals surface area contributed by atoms with Gasteiger partial charge in [0.1, 0.15) is 0 Å². The van der Waals surface area contributed by atoms with Crippen LogP contribution >= 0.6 is 0 Å². The molecule has 0 aromatic heterocycles. The molecule has 1 aliphatic heterocycles. The van der Waals surface area contributed by atoms with E-state index in [4.69, 9.17) is 4.74 Å². The highest BCUT2D eigenvalue weighted by molar-refractivity contribution is 5.20. The summed E-state index contributed by atoms with van der Waals surface area (Å²) in [6.45, 7) is 3.04. The fourth-order valence-corrected chi connectivity index (χ4v) is 2.30. The summed E-state index contributed by atoms with van der Waals surface area (Å²) < 4.78 is 31.3. The van der Waals surface area contributed by atoms with Gasteiger partial charge < -0.3 is 15.2 Å². The van der Waals surface area contributed by atoms with Gasteiger partial charge in [0.05, 0.1) is 12.2 Å². The standard InChI is InChI=1S/C14H19F2NO2/c1-9-6-11(4-5-19-9)17-8-14(18)10-2-3-12(15)13(16)7-10/h2-3,7,9,11,14,17-18H,4-6,8H2,1H3. The second kappa shape index (κ2) is 6.41. The minimum Gasteiger partial charge on any atom is -0.387 e. The molecular weight excluding hydrogens is 252 g/mol. The summed E-state index contributed by atoms with van der Waals surface area (Å²) >= 11 is 0. The number of hydrogen-bond donors (Lipinski definition) is 2. The molecule has 0 aliphatic carbocycles. The summed E-state index contributed by atoms with van der Waals surface area (Å²) in [5.74, 6) is -1.83. The lowest BCUT2D eigenvalue weighted by Gasteiger charge is -2.28. The Morgan fingerprint density at radius 2 is 2.21 bits per heavy atom. The van der Waals surface area contributed by atoms with E-state index < -0.39 is 17.7 Å². The molecule has 1 aliphatic rings. The molecule has 3 unspecified atom stereocenters. The van der Waals surface area contributed by atoms with Crippen molar-refractivity contribution in [2.24, 2.45) is 0 Å². The summed E-state index contributed by atoms with van der Waals surface area (Å²) in [5.41, 5.74) is 0.381. The van der Waals surface area contributed by atoms with E-state index in [1.807, 2.05) is 6.92 Å². The fourth-order valence-electron chi connectivity index (χ4n) is 2.30. The summed E-state index contributed by atoms with van der Waals surface area (Å²) in [7, 11) is 0. The first-order valence-corrected chi connectivity index (χ1v) is 6.54. The van der Waals surface area contributed by atoms with Crippen LogP contribution in [0.4, 0.5) is 8.78 Å². The van der Waals surface area contributed by atoms with Crippen molar-refractivity contribution in [1.29, 1.82) is 0 Å². The number of nitrogens with one attached hydrogen (secondary N) is 1. The second-order valence-corrected chi connectivity index (χ2v) is 5.00. The molecule has 1 aromatic rings. The Balaban J connectivity index is 1.86. The number of aliphatic hydroxyl groups excluding tert-OH is 1. The number of benzene rings is 1. The van der Waals surface area contributed by atoms with Crippen LogP contribution in [0.3, 0.4) is 0 Å². The minimum atomic E-state index is -0.934. The lowest BCUT2D eigenvalue weighted by Crippen LogP contribution is -2.39. The maximum Gasteiger partial charge on any atom is 0.159 e. The van der Waals surface area contributed by atoms with Crippen LogP contribution < -0.4 is 5.32 Å². The van der Waals surface area contributed by atoms with Gasteiger partial charge >= 0.3 is 0 Å². The lowest BCUT2D eigenvalue weighted by atomic mass is 10.0. The summed E-state index contributed by atoms with van der Waals surface area (Å²) in [5, 5.41) is 13.2. The Kier molecular flexibility index (Phi) is 4.85. The maximum absolute atomic E-state index is 13.1. The topological polar surface area (TPSA) is 41.5 Å². The van der Waals surface area contributed by atoms with Crippen LogP contribution in [0, 0.1) is 11.6 Å². The predicted molar refractivity (Wildman–Crippen MR) is 67.8 cm³/mol. The number of rotatable bonds is 4. The normalized spacial score (nSPS) is 25.3. The molecule has 19 heavy (non-hydrogen) atoms. The molecule has 1 fully saturated rings. The molecule has 1 saturated heterocycles. The van der Waals surface area contributed by atoms with Crippen LogP contribution in [0.5, 0.6) is 0 Å². The molecule has 106 valence electrons. The monoisotopic (exact) mass is 271 g/mol. The van der Waals surface area contributed by atoms with Gasteiger partial charge in [0.2, 0.25) is 0 Å². The number of aliphatic hydroxyl groups is 1. The van der Waals surface area contributed by atoms with Crippen LogP contribution in [-0.2, 0) is 4.74 Å². The van der Waals surface area contributed by atoms with Crippen molar-refractivity contribution >= 4 is 0 Å². The van der Waals surface area contributed by atoms with Crippen molar-refractivity contribution in [3.05, 3.63) is 35.4 Å². The van der Waals surface area contributed by atoms with E-state index in [0.29, 0.717) is 24.8 Å². The highest BCUT2D eigenvalue weighted by Crippen LogP contribution is 2.17. The molecule has 2 N–H and O–H groups in total. The van der Waals surface area contributed by atoms with Gasteiger partial charge in [-0.15, -0.1) is 0 Å². The molecule has 3 nitrogen and oxygen atoms in total. The van der Waals surface area contributed by atoms with Crippen molar-refractivity contribution in [2.75, 3.05) is 13.2 Å². The molecule has 1 aromatic carbocycles. The van der Waals surface area contributed by atoms with Gasteiger partial charge in [0.25, 0.3) is 0 Å². The number of hydrogen-bond acceptors (Lipinski definition) is 3. The van der Waals surface area contributed by atoms with E-state index in [1.165, 1.54) is 6.07 Å². The van der Waals surface area contributed by atoms with Crippen LogP contribution in [0.15, 0.2) is 18.2 Å². The third-order valence-corrected chi connectivity index (χ3v) is 3.41. The molecule has 2 rings (SSSR count). The molecule has 0 bridgehead atoms. The van der Waals surface area contributed by atoms with E-state index in [2.05, 4.69) is 5.32 Å². The summed E-state index contributed by atoms with van der Waals surface area (Å²) in [6.07, 6.45) is 1.17. The van der Waals surface area contributed by atoms with Gasteiger partial charge in [-0.1, -0.05) is 6.07 Å². The van der Waals surface area contributed by atoms with Gasteiger partial charge in [-0.05, 0) is 37.5 Å². The average Bonchev–Trinajstić information content (AvgIpc) is 2.39. The van der Waals surface area contributed by atoms with Gasteiger partial charge in [0.15, 0.2) is 11.6 Å². The van der Waals surface area contributed by atoms with Gasteiger partial charge in [-0.3, -0.25) is 0 Å². The molecule has 0 radical (unpaired) electrons. The molecule has 5 heteroatoms. The van der Waals surface area contributed by atoms with E-state index >= 15 is 0 Å². The van der Waals surface area contributed by atoms with Crippen LogP contribution in [-0.4, -0.2) is 30.4 Å². The Bertz CT molecular complexity index is 428. The third-order valence-electron chi connectivity index (χ3n) is 3.41. The fraction of sp³-hybridized carbons (Fsp3) is 0.571. The van der Waals surface area contributed by atoms with Gasteiger partial charge in [0, 0.05) is 19.2 Å². The molecular formula is C14H19F2NO2. The second-order valence-electron chi connectivity index (χ2n) is 5.00. The van der Waals surface area contributed by atoms with Crippen molar-refractivity contribution in [1.82, 2.24) is 5.32 Å². The number of ether oxygens (including phenoxy) is 1. The quantitative estimate of drug-likeness (QED) is 0.881. The largest absolute Gasteiger partial charge is 0.387 e. The van der Waals surface area contributed by atoms with Gasteiger partial charge in [-0.25, -0.2) is 8.78 Å². The molecule has 0 amide bonds. The first-order chi connectivity index (χ1) is 9.06. The Hall–Kier alpha value is -1.04. The zero-order chi connectivity index (χ0) is 13.8. The van der Waals surface area contributed by atoms with Crippen LogP contribution in [0.25, 0.3) is 0 Å². The van der Waals surface area contributed by atoms with Crippen molar-refractivity contribution in [3.8, 4) is 0 Å². The average molecular weight is 271 g/mol. The smallest absolute Gasteiger partial charge is 0.159 e. The van der Waals surface area contributed by atoms with E-state index in [9.17, 15) is 13.9 Å². The van der Waals surface area contributed by atoms with E-state index in [-0.39, 0.29) is 6.10 Å². The minimum absolute atomic E-state index is 0.214. The van der Waals surface area contributed by atoms with Crippen molar-refractivity contribution in [2.45, 2.75) is 38.0 Å². The Labute approximate surface area is 111 Å². The van der Waals surface area contributed by atoms with Crippen LogP contribution in [0.1, 0.15) is 31.4 Å². The maximum atomic E-state index is 13.1. The van der Waals surface area contributed by atoms with E-state index in [0.717, 1.165) is 25.0 Å². The molecule has 0 saturated carbocycles. The number of halogens is 2. The van der Waals surface area contributed by atoms with Gasteiger partial charge in [-0.2, -0.15) is 0 Å². The SMILES string of the molecule is CC1CC(NCC(O)c2ccc(F)c(F)c2)CCO1. The first kappa shape index (κ1) is 14.4. The third kappa shape index (κ3) is 3.96. The molecule has 3 atom stereocenters. The Morgan fingerprint density at radius 3 is 2.89 bits per heavy atom. The first-order valence-electron chi connectivity index (χ1n) is 6.54. The molecule has 0 spiro atoms. The zero-order valence-electron chi connectivity index (χ0n) is 10.9. The highest BCUT2D eigenvalue weighted by atomic mass is 19.2. The van der Waals surface area contributed by atoms with Crippen molar-refractivity contribution < 1.29 is 18.6 Å². The summed E-state index contributed by atoms with van der Waals surface area (Å²) in [6, 6.07) is 3.76. The molecule has 1 heterocycles.